The number of benzene rings is 2. The molecule has 0 aliphatic carbocycles. The number of rotatable bonds is 6. The van der Waals surface area contributed by atoms with Gasteiger partial charge in [0.15, 0.2) is 0 Å². The first-order valence-corrected chi connectivity index (χ1v) is 8.79. The van der Waals surface area contributed by atoms with Crippen LogP contribution in [0, 0.1) is 0 Å². The van der Waals surface area contributed by atoms with Gasteiger partial charge < -0.3 is 0 Å². The van der Waals surface area contributed by atoms with E-state index in [4.69, 9.17) is 9.47 Å². The van der Waals surface area contributed by atoms with Crippen molar-refractivity contribution in [1.82, 2.24) is 0 Å². The fourth-order valence-corrected chi connectivity index (χ4v) is 5.09. The molecule has 0 radical (unpaired) electrons. The van der Waals surface area contributed by atoms with Crippen LogP contribution in [0.3, 0.4) is 0 Å². The Morgan fingerprint density at radius 1 is 0.826 bits per heavy atom. The quantitative estimate of drug-likeness (QED) is 0.658. The van der Waals surface area contributed by atoms with Gasteiger partial charge in [0.2, 0.25) is 0 Å². The van der Waals surface area contributed by atoms with E-state index in [-0.39, 0.29) is 11.1 Å². The summed E-state index contributed by atoms with van der Waals surface area (Å²) in [6.07, 6.45) is 0. The Bertz CT molecular complexity index is 693. The predicted octanol–water partition coefficient (Wildman–Crippen LogP) is 0.755. The number of carboxylic acids is 2. The van der Waals surface area contributed by atoms with Crippen LogP contribution >= 0.6 is 0 Å². The molecule has 0 saturated heterocycles. The minimum atomic E-state index is -1.26. The molecule has 0 aliphatic heterocycles. The molecule has 0 amide bonds. The van der Waals surface area contributed by atoms with Crippen LogP contribution in [-0.4, -0.2) is 57.3 Å². The van der Waals surface area contributed by atoms with Gasteiger partial charge in [-0.05, 0) is 0 Å². The van der Waals surface area contributed by atoms with Crippen molar-refractivity contribution in [3.05, 3.63) is 47.5 Å². The summed E-state index contributed by atoms with van der Waals surface area (Å²) in [6, 6.07) is 9.39. The van der Waals surface area contributed by atoms with E-state index < -0.39 is 32.9 Å². The van der Waals surface area contributed by atoms with Gasteiger partial charge in [-0.25, -0.2) is 0 Å². The van der Waals surface area contributed by atoms with Gasteiger partial charge in [0.05, 0.1) is 0 Å². The molecule has 2 aromatic rings. The Kier molecular flexibility index (Phi) is 5.48. The Labute approximate surface area is 142 Å². The fourth-order valence-electron chi connectivity index (χ4n) is 1.90. The Balaban J connectivity index is 2.53. The standard InChI is InChI=1S/C16H14O6Te/c1-21-9-3-5-11(15(17)18)13(7-9)23-14-8-10(22-2)4-6-12(14)16(19)20/h3-8H,1-2H3,(H,17,18)(H,19,20). The molecule has 0 saturated carbocycles. The first-order chi connectivity index (χ1) is 11.0. The molecule has 7 heteroatoms. The number of carboxylic acid groups (broad SMARTS) is 2. The summed E-state index contributed by atoms with van der Waals surface area (Å²) < 4.78 is 11.5. The first-order valence-electron chi connectivity index (χ1n) is 6.46. The van der Waals surface area contributed by atoms with Crippen LogP contribution in [-0.2, 0) is 0 Å². The van der Waals surface area contributed by atoms with Gasteiger partial charge in [-0.2, -0.15) is 0 Å². The van der Waals surface area contributed by atoms with Crippen LogP contribution in [0.1, 0.15) is 20.7 Å². The average Bonchev–Trinajstić information content (AvgIpc) is 2.54. The van der Waals surface area contributed by atoms with Crippen molar-refractivity contribution in [2.24, 2.45) is 0 Å². The van der Waals surface area contributed by atoms with Gasteiger partial charge in [0.1, 0.15) is 0 Å². The Morgan fingerprint density at radius 3 is 1.52 bits per heavy atom. The number of methoxy groups -OCH3 is 2. The topological polar surface area (TPSA) is 93.1 Å². The first kappa shape index (κ1) is 17.1. The van der Waals surface area contributed by atoms with E-state index in [0.29, 0.717) is 18.7 Å². The number of carbonyl (C=O) groups is 2. The number of ether oxygens (including phenoxy) is 2. The van der Waals surface area contributed by atoms with Crippen molar-refractivity contribution >= 4 is 40.1 Å². The monoisotopic (exact) mass is 432 g/mol. The van der Waals surface area contributed by atoms with Crippen LogP contribution in [0.25, 0.3) is 0 Å². The van der Waals surface area contributed by atoms with Crippen molar-refractivity contribution in [1.29, 1.82) is 0 Å². The molecule has 0 fully saturated rings. The maximum atomic E-state index is 11.4. The third-order valence-electron chi connectivity index (χ3n) is 3.06. The molecule has 0 aromatic heterocycles. The van der Waals surface area contributed by atoms with Crippen molar-refractivity contribution in [3.63, 3.8) is 0 Å². The molecule has 0 spiro atoms. The van der Waals surface area contributed by atoms with Gasteiger partial charge in [-0.15, -0.1) is 0 Å². The third-order valence-corrected chi connectivity index (χ3v) is 6.24. The van der Waals surface area contributed by atoms with Gasteiger partial charge in [0, 0.05) is 0 Å². The predicted molar refractivity (Wildman–Crippen MR) is 84.9 cm³/mol. The van der Waals surface area contributed by atoms with Gasteiger partial charge in [-0.3, -0.25) is 0 Å². The van der Waals surface area contributed by atoms with E-state index in [1.807, 2.05) is 0 Å². The summed E-state index contributed by atoms with van der Waals surface area (Å²) >= 11 is -1.26. The zero-order valence-electron chi connectivity index (χ0n) is 12.4. The van der Waals surface area contributed by atoms with Crippen LogP contribution < -0.4 is 16.7 Å². The third kappa shape index (κ3) is 3.95. The molecule has 0 bridgehead atoms. The van der Waals surface area contributed by atoms with E-state index in [0.717, 1.165) is 0 Å². The molecule has 0 atom stereocenters. The SMILES string of the molecule is COc1ccc(C(=O)O)c([Te]c2cc(OC)ccc2C(=O)O)c1. The number of aromatic carboxylic acids is 2. The van der Waals surface area contributed by atoms with Crippen LogP contribution in [0.15, 0.2) is 36.4 Å². The molecule has 2 N–H and O–H groups in total. The fraction of sp³-hybridized carbons (Fsp3) is 0.125. The Hall–Kier alpha value is -2.23. The van der Waals surface area contributed by atoms with Gasteiger partial charge in [0.25, 0.3) is 0 Å². The van der Waals surface area contributed by atoms with Crippen molar-refractivity contribution in [2.75, 3.05) is 14.2 Å². The summed E-state index contributed by atoms with van der Waals surface area (Å²) in [7, 11) is 2.99. The second-order valence-corrected chi connectivity index (χ2v) is 7.53. The summed E-state index contributed by atoms with van der Waals surface area (Å²) in [5.41, 5.74) is 0.319. The van der Waals surface area contributed by atoms with Crippen molar-refractivity contribution < 1.29 is 29.3 Å². The van der Waals surface area contributed by atoms with E-state index in [2.05, 4.69) is 0 Å². The van der Waals surface area contributed by atoms with E-state index in [1.165, 1.54) is 26.4 Å². The molecular weight excluding hydrogens is 416 g/mol. The summed E-state index contributed by atoms with van der Waals surface area (Å²) in [6.45, 7) is 0. The summed E-state index contributed by atoms with van der Waals surface area (Å²) in [5, 5.41) is 18.7. The maximum absolute atomic E-state index is 11.4. The second-order valence-electron chi connectivity index (χ2n) is 4.44. The van der Waals surface area contributed by atoms with Crippen LogP contribution in [0.4, 0.5) is 0 Å². The van der Waals surface area contributed by atoms with Crippen molar-refractivity contribution in [3.8, 4) is 11.5 Å². The molecule has 0 heterocycles. The molecule has 0 aliphatic rings. The molecule has 120 valence electrons. The molecule has 0 unspecified atom stereocenters. The van der Waals surface area contributed by atoms with E-state index >= 15 is 0 Å². The average molecular weight is 430 g/mol. The van der Waals surface area contributed by atoms with Gasteiger partial charge >= 0.3 is 143 Å². The molecule has 6 nitrogen and oxygen atoms in total. The Morgan fingerprint density at radius 2 is 1.22 bits per heavy atom. The number of hydrogen-bond acceptors (Lipinski definition) is 4. The summed E-state index contributed by atoms with van der Waals surface area (Å²) in [4.78, 5) is 22.8. The second kappa shape index (κ2) is 7.36. The molecule has 2 aromatic carbocycles. The molecule has 23 heavy (non-hydrogen) atoms. The zero-order valence-corrected chi connectivity index (χ0v) is 14.7. The van der Waals surface area contributed by atoms with Crippen LogP contribution in [0.5, 0.6) is 11.5 Å². The van der Waals surface area contributed by atoms with E-state index in [1.54, 1.807) is 24.3 Å². The normalized spacial score (nSPS) is 10.2. The van der Waals surface area contributed by atoms with Gasteiger partial charge in [-0.1, -0.05) is 0 Å². The molecular formula is C16H14O6Te. The zero-order chi connectivity index (χ0) is 17.0. The van der Waals surface area contributed by atoms with Crippen molar-refractivity contribution in [2.45, 2.75) is 0 Å². The number of hydrogen-bond donors (Lipinski definition) is 2. The van der Waals surface area contributed by atoms with Crippen LogP contribution in [0.2, 0.25) is 0 Å². The molecule has 2 rings (SSSR count). The summed E-state index contributed by atoms with van der Waals surface area (Å²) in [5.74, 6) is -1.02. The minimum absolute atomic E-state index is 0.160. The van der Waals surface area contributed by atoms with E-state index in [9.17, 15) is 19.8 Å².